The number of piperidine rings is 2. The zero-order valence-corrected chi connectivity index (χ0v) is 31.9. The Balaban J connectivity index is 0.920. The lowest BCUT2D eigenvalue weighted by Gasteiger charge is -2.49. The number of nitro groups is 1. The molecule has 292 valence electrons. The van der Waals surface area contributed by atoms with E-state index in [0.29, 0.717) is 49.0 Å². The molecule has 16 heteroatoms. The van der Waals surface area contributed by atoms with Gasteiger partial charge in [-0.25, -0.2) is 0 Å². The molecule has 5 aliphatic rings. The highest BCUT2D eigenvalue weighted by Gasteiger charge is 2.47. The van der Waals surface area contributed by atoms with Crippen LogP contribution in [0, 0.1) is 16.0 Å². The van der Waals surface area contributed by atoms with Crippen molar-refractivity contribution in [2.45, 2.75) is 69.6 Å². The lowest BCUT2D eigenvalue weighted by molar-refractivity contribution is -0.384. The van der Waals surface area contributed by atoms with Gasteiger partial charge in [-0.2, -0.15) is 0 Å². The Kier molecular flexibility index (Phi) is 9.69. The van der Waals surface area contributed by atoms with E-state index in [4.69, 9.17) is 16.3 Å². The number of carbonyl (C=O) groups excluding carboxylic acids is 5. The molecule has 0 aromatic heterocycles. The van der Waals surface area contributed by atoms with Crippen LogP contribution in [0.25, 0.3) is 0 Å². The van der Waals surface area contributed by atoms with E-state index in [2.05, 4.69) is 15.5 Å². The van der Waals surface area contributed by atoms with E-state index >= 15 is 0 Å². The van der Waals surface area contributed by atoms with Crippen molar-refractivity contribution in [3.63, 3.8) is 0 Å². The molecule has 0 spiro atoms. The van der Waals surface area contributed by atoms with E-state index in [1.165, 1.54) is 6.07 Å². The highest BCUT2D eigenvalue weighted by molar-refractivity contribution is 6.33. The van der Waals surface area contributed by atoms with Crippen molar-refractivity contribution in [1.82, 2.24) is 15.1 Å². The minimum absolute atomic E-state index is 0.0477. The van der Waals surface area contributed by atoms with Crippen molar-refractivity contribution < 1.29 is 33.6 Å². The second kappa shape index (κ2) is 14.5. The first-order valence-electron chi connectivity index (χ1n) is 19.0. The van der Waals surface area contributed by atoms with Gasteiger partial charge in [0.1, 0.15) is 17.5 Å². The molecule has 5 amide bonds. The predicted octanol–water partition coefficient (Wildman–Crippen LogP) is 5.41. The van der Waals surface area contributed by atoms with Crippen LogP contribution in [0.3, 0.4) is 0 Å². The smallest absolute Gasteiger partial charge is 0.294 e. The molecule has 1 unspecified atom stereocenters. The quantitative estimate of drug-likeness (QED) is 0.117. The average molecular weight is 784 g/mol. The Morgan fingerprint density at radius 3 is 2.39 bits per heavy atom. The molecular formula is C40H42ClN7O8. The first-order chi connectivity index (χ1) is 26.8. The van der Waals surface area contributed by atoms with Gasteiger partial charge in [-0.05, 0) is 93.1 Å². The van der Waals surface area contributed by atoms with Crippen LogP contribution in [0.5, 0.6) is 5.75 Å². The highest BCUT2D eigenvalue weighted by Crippen LogP contribution is 2.43. The summed E-state index contributed by atoms with van der Waals surface area (Å²) in [5.41, 5.74) is 3.44. The lowest BCUT2D eigenvalue weighted by Crippen LogP contribution is -2.58. The number of nitro benzene ring substituents is 1. The molecule has 15 nitrogen and oxygen atoms in total. The van der Waals surface area contributed by atoms with Crippen molar-refractivity contribution in [2.24, 2.45) is 5.92 Å². The summed E-state index contributed by atoms with van der Waals surface area (Å²) in [5.74, 6) is -1.41. The number of anilines is 4. The van der Waals surface area contributed by atoms with Crippen LogP contribution in [0.2, 0.25) is 5.02 Å². The fourth-order valence-electron chi connectivity index (χ4n) is 8.62. The van der Waals surface area contributed by atoms with Crippen LogP contribution in [-0.2, 0) is 20.8 Å². The third-order valence-electron chi connectivity index (χ3n) is 12.0. The van der Waals surface area contributed by atoms with Crippen molar-refractivity contribution >= 4 is 69.6 Å². The zero-order chi connectivity index (χ0) is 39.5. The summed E-state index contributed by atoms with van der Waals surface area (Å²) < 4.78 is 6.61. The molecule has 2 saturated heterocycles. The van der Waals surface area contributed by atoms with E-state index in [0.717, 1.165) is 60.5 Å². The van der Waals surface area contributed by atoms with Crippen LogP contribution in [-0.4, -0.2) is 89.8 Å². The molecule has 3 aromatic carbocycles. The number of fused-ring (bicyclic) bond motifs is 2. The van der Waals surface area contributed by atoms with Crippen LogP contribution < -0.4 is 25.2 Å². The number of hydrogen-bond donors (Lipinski definition) is 2. The van der Waals surface area contributed by atoms with Crippen LogP contribution >= 0.6 is 11.6 Å². The topological polar surface area (TPSA) is 175 Å². The van der Waals surface area contributed by atoms with Gasteiger partial charge in [0, 0.05) is 69.8 Å². The molecule has 3 fully saturated rings. The predicted molar refractivity (Wildman–Crippen MR) is 207 cm³/mol. The third kappa shape index (κ3) is 6.72. The Morgan fingerprint density at radius 1 is 0.946 bits per heavy atom. The monoisotopic (exact) mass is 783 g/mol. The van der Waals surface area contributed by atoms with Gasteiger partial charge in [0.2, 0.25) is 17.7 Å². The van der Waals surface area contributed by atoms with E-state index in [9.17, 15) is 34.1 Å². The molecule has 1 atom stereocenters. The number of carbonyl (C=O) groups is 5. The summed E-state index contributed by atoms with van der Waals surface area (Å²) in [6, 6.07) is 12.7. The second-order valence-corrected chi connectivity index (χ2v) is 15.8. The molecule has 1 aliphatic carbocycles. The minimum Gasteiger partial charge on any atom is -0.473 e. The number of rotatable bonds is 10. The fraction of sp³-hybridized carbons (Fsp3) is 0.425. The summed E-state index contributed by atoms with van der Waals surface area (Å²) in [6.45, 7) is 1.95. The van der Waals surface area contributed by atoms with E-state index in [1.807, 2.05) is 30.1 Å². The average Bonchev–Trinajstić information content (AvgIpc) is 3.40. The number of nitrogens with one attached hydrogen (secondary N) is 2. The van der Waals surface area contributed by atoms with Gasteiger partial charge in [-0.1, -0.05) is 11.6 Å². The Hall–Kier alpha value is -5.54. The lowest BCUT2D eigenvalue weighted by atomic mass is 9.85. The number of amides is 5. The van der Waals surface area contributed by atoms with Gasteiger partial charge < -0.3 is 19.9 Å². The Morgan fingerprint density at radius 2 is 1.70 bits per heavy atom. The summed E-state index contributed by atoms with van der Waals surface area (Å²) in [5, 5.41) is 18.0. The molecule has 4 aliphatic heterocycles. The van der Waals surface area contributed by atoms with Gasteiger partial charge in [0.15, 0.2) is 5.72 Å². The molecule has 3 aromatic rings. The SMILES string of the molecule is CN1C(=O)CCc2cc(Nc3cc(N4CCC(CN(C)C5(Oc6ccc7c(c6)C(=O)N(C6CCC(=O)NC6=O)C7=O)CCC5)CC4)c([N+](=O)[O-])cc3Cl)ccc21. The summed E-state index contributed by atoms with van der Waals surface area (Å²) >= 11 is 6.60. The van der Waals surface area contributed by atoms with Crippen molar-refractivity contribution in [2.75, 3.05) is 48.8 Å². The molecule has 1 saturated carbocycles. The number of ether oxygens (including phenoxy) is 1. The molecule has 2 N–H and O–H groups in total. The third-order valence-corrected chi connectivity index (χ3v) is 12.3. The molecular weight excluding hydrogens is 742 g/mol. The Labute approximate surface area is 328 Å². The maximum Gasteiger partial charge on any atom is 0.294 e. The zero-order valence-electron chi connectivity index (χ0n) is 31.1. The second-order valence-electron chi connectivity index (χ2n) is 15.4. The summed E-state index contributed by atoms with van der Waals surface area (Å²) in [6.07, 6.45) is 5.32. The first kappa shape index (κ1) is 37.4. The van der Waals surface area contributed by atoms with Crippen molar-refractivity contribution in [3.05, 3.63) is 80.4 Å². The number of benzene rings is 3. The first-order valence-corrected chi connectivity index (χ1v) is 19.3. The molecule has 4 heterocycles. The van der Waals surface area contributed by atoms with Crippen molar-refractivity contribution in [3.8, 4) is 5.75 Å². The van der Waals surface area contributed by atoms with Gasteiger partial charge in [-0.3, -0.25) is 49.2 Å². The minimum atomic E-state index is -1.04. The molecule has 8 rings (SSSR count). The van der Waals surface area contributed by atoms with E-state index in [-0.39, 0.29) is 40.6 Å². The number of aryl methyl sites for hydroxylation is 1. The number of nitrogens with zero attached hydrogens (tertiary/aromatic N) is 5. The highest BCUT2D eigenvalue weighted by atomic mass is 35.5. The standard InChI is InChI=1S/C40H42ClN7O8/c1-44(40(14-3-15-40)56-26-6-7-27-28(19-26)39(53)47(38(27)52)32-9-10-35(49)43-37(32)51)22-23-12-16-46(17-13-23)33-21-30(29(41)20-34(33)48(54)55)42-25-5-8-31-24(18-25)4-11-36(50)45(31)2/h5-8,18-21,23,32,42H,3-4,9-17,22H2,1-2H3,(H,43,49,51). The van der Waals surface area contributed by atoms with E-state index < -0.39 is 40.3 Å². The molecule has 56 heavy (non-hydrogen) atoms. The molecule has 0 bridgehead atoms. The van der Waals surface area contributed by atoms with E-state index in [1.54, 1.807) is 36.2 Å². The van der Waals surface area contributed by atoms with Gasteiger partial charge in [0.05, 0.1) is 26.8 Å². The maximum atomic E-state index is 13.4. The normalized spacial score (nSPS) is 20.8. The van der Waals surface area contributed by atoms with Crippen molar-refractivity contribution in [1.29, 1.82) is 0 Å². The largest absolute Gasteiger partial charge is 0.473 e. The van der Waals surface area contributed by atoms with Gasteiger partial charge >= 0.3 is 0 Å². The van der Waals surface area contributed by atoms with Crippen LogP contribution in [0.15, 0.2) is 48.5 Å². The maximum absolute atomic E-state index is 13.4. The van der Waals surface area contributed by atoms with Crippen LogP contribution in [0.1, 0.15) is 77.6 Å². The number of halogens is 1. The molecule has 0 radical (unpaired) electrons. The number of imide groups is 2. The van der Waals surface area contributed by atoms with Crippen LogP contribution in [0.4, 0.5) is 28.4 Å². The fourth-order valence-corrected chi connectivity index (χ4v) is 8.83. The number of hydrogen-bond acceptors (Lipinski definition) is 11. The summed E-state index contributed by atoms with van der Waals surface area (Å²) in [7, 11) is 3.79. The van der Waals surface area contributed by atoms with Gasteiger partial charge in [-0.15, -0.1) is 0 Å². The summed E-state index contributed by atoms with van der Waals surface area (Å²) in [4.78, 5) is 81.6. The Bertz CT molecular complexity index is 2180. The van der Waals surface area contributed by atoms with Gasteiger partial charge in [0.25, 0.3) is 17.5 Å².